The van der Waals surface area contributed by atoms with Crippen LogP contribution in [0.1, 0.15) is 48.1 Å². The fourth-order valence-corrected chi connectivity index (χ4v) is 2.75. The van der Waals surface area contributed by atoms with Crippen molar-refractivity contribution >= 4 is 28.3 Å². The van der Waals surface area contributed by atoms with Gasteiger partial charge in [-0.25, -0.2) is 0 Å². The lowest BCUT2D eigenvalue weighted by Gasteiger charge is -2.12. The van der Waals surface area contributed by atoms with Crippen LogP contribution in [0.2, 0.25) is 0 Å². The second kappa shape index (κ2) is 7.53. The highest BCUT2D eigenvalue weighted by molar-refractivity contribution is 7.15. The predicted molar refractivity (Wildman–Crippen MR) is 95.4 cm³/mol. The van der Waals surface area contributed by atoms with E-state index in [1.807, 2.05) is 45.9 Å². The molecule has 0 aliphatic heterocycles. The van der Waals surface area contributed by atoms with Crippen LogP contribution in [0.15, 0.2) is 24.3 Å². The summed E-state index contributed by atoms with van der Waals surface area (Å²) in [5.41, 5.74) is 1.52. The average Bonchev–Trinajstić information content (AvgIpc) is 2.95. The zero-order valence-corrected chi connectivity index (χ0v) is 15.2. The van der Waals surface area contributed by atoms with Gasteiger partial charge < -0.3 is 10.6 Å². The third-order valence-electron chi connectivity index (χ3n) is 3.23. The Hall–Kier alpha value is -2.28. The van der Waals surface area contributed by atoms with E-state index in [4.69, 9.17) is 0 Å². The van der Waals surface area contributed by atoms with Crippen molar-refractivity contribution in [3.8, 4) is 0 Å². The van der Waals surface area contributed by atoms with Crippen molar-refractivity contribution in [1.29, 1.82) is 0 Å². The summed E-state index contributed by atoms with van der Waals surface area (Å²) in [5.74, 6) is -0.381. The van der Waals surface area contributed by atoms with Gasteiger partial charge in [0.15, 0.2) is 0 Å². The van der Waals surface area contributed by atoms with Gasteiger partial charge in [-0.05, 0) is 19.1 Å². The molecule has 0 aliphatic rings. The lowest BCUT2D eigenvalue weighted by molar-refractivity contribution is -0.116. The molecule has 0 fully saturated rings. The van der Waals surface area contributed by atoms with Gasteiger partial charge in [-0.15, -0.1) is 10.2 Å². The second-order valence-corrected chi connectivity index (χ2v) is 7.56. The average molecular weight is 346 g/mol. The Morgan fingerprint density at radius 1 is 1.21 bits per heavy atom. The first-order chi connectivity index (χ1) is 11.3. The first-order valence-electron chi connectivity index (χ1n) is 7.74. The van der Waals surface area contributed by atoms with E-state index in [0.717, 1.165) is 10.6 Å². The monoisotopic (exact) mass is 346 g/mol. The zero-order valence-electron chi connectivity index (χ0n) is 14.3. The Bertz CT molecular complexity index is 734. The highest BCUT2D eigenvalue weighted by Gasteiger charge is 2.20. The molecule has 128 valence electrons. The molecule has 1 aromatic carbocycles. The van der Waals surface area contributed by atoms with E-state index >= 15 is 0 Å². The van der Waals surface area contributed by atoms with E-state index in [1.54, 1.807) is 6.07 Å². The first kappa shape index (κ1) is 18.1. The summed E-state index contributed by atoms with van der Waals surface area (Å²) in [7, 11) is 0. The minimum atomic E-state index is -0.198. The lowest BCUT2D eigenvalue weighted by Crippen LogP contribution is -2.27. The summed E-state index contributed by atoms with van der Waals surface area (Å²) in [4.78, 5) is 23.9. The molecule has 0 saturated carbocycles. The summed E-state index contributed by atoms with van der Waals surface area (Å²) in [6, 6.07) is 7.32. The van der Waals surface area contributed by atoms with Gasteiger partial charge in [-0.1, -0.05) is 49.8 Å². The third-order valence-corrected chi connectivity index (χ3v) is 4.50. The van der Waals surface area contributed by atoms with E-state index in [-0.39, 0.29) is 30.2 Å². The van der Waals surface area contributed by atoms with Gasteiger partial charge in [-0.3, -0.25) is 9.59 Å². The molecule has 0 aliphatic carbocycles. The van der Waals surface area contributed by atoms with Crippen molar-refractivity contribution < 1.29 is 9.59 Å². The summed E-state index contributed by atoms with van der Waals surface area (Å²) >= 11 is 1.36. The van der Waals surface area contributed by atoms with Crippen molar-refractivity contribution in [3.05, 3.63) is 40.4 Å². The van der Waals surface area contributed by atoms with Crippen molar-refractivity contribution in [2.24, 2.45) is 0 Å². The number of aromatic nitrogens is 2. The number of hydrogen-bond acceptors (Lipinski definition) is 5. The minimum absolute atomic E-state index is 0.0948. The molecule has 2 aromatic rings. The number of hydrogen-bond donors (Lipinski definition) is 2. The van der Waals surface area contributed by atoms with Crippen LogP contribution in [0.5, 0.6) is 0 Å². The Kier molecular flexibility index (Phi) is 5.66. The molecule has 0 atom stereocenters. The Morgan fingerprint density at radius 2 is 1.96 bits per heavy atom. The molecule has 2 N–H and O–H groups in total. The van der Waals surface area contributed by atoms with E-state index < -0.39 is 0 Å². The number of anilines is 1. The summed E-state index contributed by atoms with van der Waals surface area (Å²) < 4.78 is 0. The third kappa shape index (κ3) is 5.13. The maximum atomic E-state index is 12.0. The van der Waals surface area contributed by atoms with Crippen LogP contribution in [-0.4, -0.2) is 28.6 Å². The number of carbonyl (C=O) groups excluding carboxylic acids is 2. The van der Waals surface area contributed by atoms with Crippen molar-refractivity contribution in [3.63, 3.8) is 0 Å². The Morgan fingerprint density at radius 3 is 2.58 bits per heavy atom. The number of aryl methyl sites for hydroxylation is 1. The molecule has 0 unspecified atom stereocenters. The highest BCUT2D eigenvalue weighted by atomic mass is 32.1. The van der Waals surface area contributed by atoms with Gasteiger partial charge >= 0.3 is 0 Å². The number of benzene rings is 1. The van der Waals surface area contributed by atoms with Crippen LogP contribution >= 0.6 is 11.3 Å². The summed E-state index contributed by atoms with van der Waals surface area (Å²) in [6.07, 6.45) is 0.183. The molecular formula is C17H22N4O2S. The molecule has 24 heavy (non-hydrogen) atoms. The van der Waals surface area contributed by atoms with Crippen molar-refractivity contribution in [2.75, 3.05) is 11.9 Å². The van der Waals surface area contributed by atoms with Crippen LogP contribution < -0.4 is 10.6 Å². The van der Waals surface area contributed by atoms with E-state index in [0.29, 0.717) is 10.7 Å². The van der Waals surface area contributed by atoms with Crippen LogP contribution in [0.25, 0.3) is 0 Å². The quantitative estimate of drug-likeness (QED) is 0.872. The van der Waals surface area contributed by atoms with E-state index in [9.17, 15) is 9.59 Å². The molecule has 0 spiro atoms. The molecule has 6 nitrogen and oxygen atoms in total. The van der Waals surface area contributed by atoms with Crippen LogP contribution in [0.3, 0.4) is 0 Å². The number of carbonyl (C=O) groups is 2. The summed E-state index contributed by atoms with van der Waals surface area (Å²) in [6.45, 7) is 8.32. The molecule has 0 radical (unpaired) electrons. The molecule has 2 amide bonds. The van der Waals surface area contributed by atoms with Gasteiger partial charge in [0.25, 0.3) is 5.91 Å². The lowest BCUT2D eigenvalue weighted by atomic mass is 9.98. The Labute approximate surface area is 145 Å². The molecule has 0 bridgehead atoms. The van der Waals surface area contributed by atoms with Gasteiger partial charge in [-0.2, -0.15) is 0 Å². The van der Waals surface area contributed by atoms with E-state index in [1.165, 1.54) is 11.3 Å². The topological polar surface area (TPSA) is 84.0 Å². The first-order valence-corrected chi connectivity index (χ1v) is 8.56. The fourth-order valence-electron chi connectivity index (χ4n) is 1.94. The SMILES string of the molecule is Cc1cccc(C(=O)NCCC(=O)Nc2nnc(C(C)(C)C)s2)c1. The second-order valence-electron chi connectivity index (χ2n) is 6.59. The Balaban J connectivity index is 1.79. The van der Waals surface area contributed by atoms with Crippen LogP contribution in [-0.2, 0) is 10.2 Å². The molecular weight excluding hydrogens is 324 g/mol. The smallest absolute Gasteiger partial charge is 0.251 e. The molecule has 7 heteroatoms. The number of amides is 2. The van der Waals surface area contributed by atoms with Gasteiger partial charge in [0.2, 0.25) is 11.0 Å². The maximum absolute atomic E-state index is 12.0. The van der Waals surface area contributed by atoms with E-state index in [2.05, 4.69) is 20.8 Å². The standard InChI is InChI=1S/C17H22N4O2S/c1-11-6-5-7-12(10-11)14(23)18-9-8-13(22)19-16-21-20-15(24-16)17(2,3)4/h5-7,10H,8-9H2,1-4H3,(H,18,23)(H,19,21,22). The maximum Gasteiger partial charge on any atom is 0.251 e. The highest BCUT2D eigenvalue weighted by Crippen LogP contribution is 2.27. The molecule has 1 heterocycles. The normalized spacial score (nSPS) is 11.2. The molecule has 2 rings (SSSR count). The van der Waals surface area contributed by atoms with Crippen LogP contribution in [0, 0.1) is 6.92 Å². The van der Waals surface area contributed by atoms with Gasteiger partial charge in [0, 0.05) is 23.9 Å². The largest absolute Gasteiger partial charge is 0.352 e. The van der Waals surface area contributed by atoms with Crippen LogP contribution in [0.4, 0.5) is 5.13 Å². The van der Waals surface area contributed by atoms with Crippen molar-refractivity contribution in [1.82, 2.24) is 15.5 Å². The zero-order chi connectivity index (χ0) is 17.7. The minimum Gasteiger partial charge on any atom is -0.352 e. The van der Waals surface area contributed by atoms with Gasteiger partial charge in [0.05, 0.1) is 0 Å². The number of nitrogens with zero attached hydrogens (tertiary/aromatic N) is 2. The summed E-state index contributed by atoms with van der Waals surface area (Å²) in [5, 5.41) is 14.9. The molecule has 1 aromatic heterocycles. The van der Waals surface area contributed by atoms with Gasteiger partial charge in [0.1, 0.15) is 5.01 Å². The molecule has 0 saturated heterocycles. The fraction of sp³-hybridized carbons (Fsp3) is 0.412. The van der Waals surface area contributed by atoms with Crippen molar-refractivity contribution in [2.45, 2.75) is 39.5 Å². The number of nitrogens with one attached hydrogen (secondary N) is 2. The predicted octanol–water partition coefficient (Wildman–Crippen LogP) is 2.90. The number of rotatable bonds is 5.